The number of rotatable bonds is 9. The Morgan fingerprint density at radius 3 is 2.33 bits per heavy atom. The topological polar surface area (TPSA) is 103 Å². The van der Waals surface area contributed by atoms with Crippen LogP contribution < -0.4 is 16.0 Å². The Hall–Kier alpha value is -4.79. The molecule has 42 heavy (non-hydrogen) atoms. The van der Waals surface area contributed by atoms with Gasteiger partial charge in [0.05, 0.1) is 5.75 Å². The van der Waals surface area contributed by atoms with E-state index in [0.717, 1.165) is 26.9 Å². The van der Waals surface area contributed by atoms with Gasteiger partial charge in [-0.1, -0.05) is 48.0 Å². The predicted octanol–water partition coefficient (Wildman–Crippen LogP) is 7.27. The van der Waals surface area contributed by atoms with Gasteiger partial charge in [-0.05, 0) is 79.2 Å². The second-order valence-corrected chi connectivity index (χ2v) is 10.9. The molecule has 0 spiro atoms. The smallest absolute Gasteiger partial charge is 0.272 e. The van der Waals surface area contributed by atoms with Gasteiger partial charge in [0.1, 0.15) is 5.70 Å². The highest BCUT2D eigenvalue weighted by Crippen LogP contribution is 2.24. The highest BCUT2D eigenvalue weighted by Gasteiger charge is 2.16. The molecule has 0 atom stereocenters. The number of thioether (sulfide) groups is 1. The molecule has 0 radical (unpaired) electrons. The number of aromatic nitrogens is 1. The van der Waals surface area contributed by atoms with Crippen molar-refractivity contribution < 1.29 is 14.4 Å². The quantitative estimate of drug-likeness (QED) is 0.106. The van der Waals surface area contributed by atoms with Gasteiger partial charge in [0.2, 0.25) is 5.91 Å². The molecule has 0 fully saturated rings. The molecule has 210 valence electrons. The summed E-state index contributed by atoms with van der Waals surface area (Å²) in [6, 6.07) is 28.9. The van der Waals surface area contributed by atoms with E-state index in [1.54, 1.807) is 60.8 Å². The Balaban J connectivity index is 1.26. The average Bonchev–Trinajstić information content (AvgIpc) is 3.41. The van der Waals surface area contributed by atoms with Crippen molar-refractivity contribution in [1.29, 1.82) is 0 Å². The summed E-state index contributed by atoms with van der Waals surface area (Å²) in [7, 11) is 0. The number of benzene rings is 4. The molecule has 0 aliphatic rings. The first kappa shape index (κ1) is 28.7. The van der Waals surface area contributed by atoms with Gasteiger partial charge in [0.15, 0.2) is 0 Å². The summed E-state index contributed by atoms with van der Waals surface area (Å²) in [5, 5.41) is 10.1. The normalized spacial score (nSPS) is 11.2. The number of H-pyrrole nitrogens is 1. The zero-order chi connectivity index (χ0) is 29.5. The van der Waals surface area contributed by atoms with E-state index in [-0.39, 0.29) is 17.4 Å². The molecule has 3 amide bonds. The van der Waals surface area contributed by atoms with Crippen molar-refractivity contribution in [3.05, 3.63) is 131 Å². The summed E-state index contributed by atoms with van der Waals surface area (Å²) in [5.74, 6) is -0.783. The summed E-state index contributed by atoms with van der Waals surface area (Å²) in [5.41, 5.74) is 4.35. The molecule has 0 bridgehead atoms. The lowest BCUT2D eigenvalue weighted by atomic mass is 10.1. The van der Waals surface area contributed by atoms with E-state index < -0.39 is 11.8 Å². The number of halogens is 1. The van der Waals surface area contributed by atoms with Gasteiger partial charge >= 0.3 is 0 Å². The molecule has 5 aromatic rings. The third-order valence-corrected chi connectivity index (χ3v) is 7.81. The van der Waals surface area contributed by atoms with Gasteiger partial charge in [-0.3, -0.25) is 14.4 Å². The summed E-state index contributed by atoms with van der Waals surface area (Å²) < 4.78 is 0. The first-order valence-corrected chi connectivity index (χ1v) is 14.5. The number of carbonyl (C=O) groups excluding carboxylic acids is 3. The van der Waals surface area contributed by atoms with Gasteiger partial charge in [0.25, 0.3) is 11.8 Å². The standard InChI is InChI=1S/C33H27ClN4O3S/c1-21-17-25(13-16-28(21)34)36-31(39)20-42-26-14-11-24(12-15-26)37-33(41)30(38-32(40)22-7-3-2-4-8-22)18-23-19-35-29-10-6-5-9-27(23)29/h2-19,35H,20H2,1H3,(H,36,39)(H,37,41)(H,38,40)/b30-18-. The van der Waals surface area contributed by atoms with E-state index in [1.807, 2.05) is 55.5 Å². The van der Waals surface area contributed by atoms with E-state index >= 15 is 0 Å². The third kappa shape index (κ3) is 7.28. The molecule has 0 aliphatic carbocycles. The molecule has 5 rings (SSSR count). The number of aromatic amines is 1. The van der Waals surface area contributed by atoms with Crippen molar-refractivity contribution in [2.75, 3.05) is 16.4 Å². The maximum Gasteiger partial charge on any atom is 0.272 e. The lowest BCUT2D eigenvalue weighted by Gasteiger charge is -2.12. The van der Waals surface area contributed by atoms with Crippen LogP contribution in [0.5, 0.6) is 0 Å². The van der Waals surface area contributed by atoms with Crippen LogP contribution in [0.15, 0.2) is 114 Å². The zero-order valence-electron chi connectivity index (χ0n) is 22.6. The average molecular weight is 595 g/mol. The maximum atomic E-state index is 13.4. The van der Waals surface area contributed by atoms with Crippen LogP contribution in [-0.2, 0) is 9.59 Å². The van der Waals surface area contributed by atoms with E-state index in [0.29, 0.717) is 22.0 Å². The molecule has 0 saturated carbocycles. The lowest BCUT2D eigenvalue weighted by molar-refractivity contribution is -0.114. The Kier molecular flexibility index (Phi) is 9.06. The van der Waals surface area contributed by atoms with Crippen molar-refractivity contribution in [2.45, 2.75) is 11.8 Å². The minimum Gasteiger partial charge on any atom is -0.361 e. The zero-order valence-corrected chi connectivity index (χ0v) is 24.2. The molecule has 1 aromatic heterocycles. The van der Waals surface area contributed by atoms with Crippen molar-refractivity contribution in [3.63, 3.8) is 0 Å². The van der Waals surface area contributed by atoms with E-state index in [2.05, 4.69) is 20.9 Å². The lowest BCUT2D eigenvalue weighted by Crippen LogP contribution is -2.30. The maximum absolute atomic E-state index is 13.4. The van der Waals surface area contributed by atoms with Crippen LogP contribution in [0.25, 0.3) is 17.0 Å². The van der Waals surface area contributed by atoms with Crippen molar-refractivity contribution in [2.24, 2.45) is 0 Å². The Labute approximate surface area is 252 Å². The highest BCUT2D eigenvalue weighted by atomic mass is 35.5. The predicted molar refractivity (Wildman–Crippen MR) is 171 cm³/mol. The first-order chi connectivity index (χ1) is 20.4. The number of aryl methyl sites for hydroxylation is 1. The SMILES string of the molecule is Cc1cc(NC(=O)CSc2ccc(NC(=O)/C(=C/c3c[nH]c4ccccc34)NC(=O)c3ccccc3)cc2)ccc1Cl. The Morgan fingerprint density at radius 1 is 0.857 bits per heavy atom. The Morgan fingerprint density at radius 2 is 1.57 bits per heavy atom. The van der Waals surface area contributed by atoms with Crippen LogP contribution in [0.2, 0.25) is 5.02 Å². The largest absolute Gasteiger partial charge is 0.361 e. The summed E-state index contributed by atoms with van der Waals surface area (Å²) in [6.07, 6.45) is 3.45. The Bertz CT molecular complexity index is 1780. The second kappa shape index (κ2) is 13.2. The molecular formula is C33H27ClN4O3S. The van der Waals surface area contributed by atoms with Gasteiger partial charge in [-0.25, -0.2) is 0 Å². The number of nitrogens with one attached hydrogen (secondary N) is 4. The number of carbonyl (C=O) groups is 3. The molecule has 1 heterocycles. The van der Waals surface area contributed by atoms with Crippen molar-refractivity contribution >= 4 is 69.4 Å². The molecular weight excluding hydrogens is 568 g/mol. The van der Waals surface area contributed by atoms with Crippen molar-refractivity contribution in [3.8, 4) is 0 Å². The van der Waals surface area contributed by atoms with Crippen LogP contribution in [0.3, 0.4) is 0 Å². The fourth-order valence-corrected chi connectivity index (χ4v) is 5.03. The summed E-state index contributed by atoms with van der Waals surface area (Å²) in [4.78, 5) is 42.8. The van der Waals surface area contributed by atoms with Gasteiger partial charge in [-0.15, -0.1) is 11.8 Å². The number of anilines is 2. The molecule has 4 aromatic carbocycles. The highest BCUT2D eigenvalue weighted by molar-refractivity contribution is 8.00. The van der Waals surface area contributed by atoms with Crippen molar-refractivity contribution in [1.82, 2.24) is 10.3 Å². The van der Waals surface area contributed by atoms with Gasteiger partial charge in [0, 0.05) is 49.5 Å². The summed E-state index contributed by atoms with van der Waals surface area (Å²) >= 11 is 7.43. The van der Waals surface area contributed by atoms with E-state index in [9.17, 15) is 14.4 Å². The molecule has 0 unspecified atom stereocenters. The molecule has 7 nitrogen and oxygen atoms in total. The first-order valence-electron chi connectivity index (χ1n) is 13.1. The number of hydrogen-bond donors (Lipinski definition) is 4. The van der Waals surface area contributed by atoms with Gasteiger partial charge < -0.3 is 20.9 Å². The number of hydrogen-bond acceptors (Lipinski definition) is 4. The molecule has 0 aliphatic heterocycles. The summed E-state index contributed by atoms with van der Waals surface area (Å²) in [6.45, 7) is 1.88. The number of para-hydroxylation sites is 1. The van der Waals surface area contributed by atoms with Crippen LogP contribution in [-0.4, -0.2) is 28.5 Å². The van der Waals surface area contributed by atoms with E-state index in [4.69, 9.17) is 11.6 Å². The second-order valence-electron chi connectivity index (χ2n) is 9.45. The fraction of sp³-hybridized carbons (Fsp3) is 0.0606. The molecule has 0 saturated heterocycles. The van der Waals surface area contributed by atoms with Crippen LogP contribution in [0.1, 0.15) is 21.5 Å². The minimum absolute atomic E-state index is 0.0983. The third-order valence-electron chi connectivity index (χ3n) is 6.37. The number of fused-ring (bicyclic) bond motifs is 1. The van der Waals surface area contributed by atoms with Crippen LogP contribution in [0.4, 0.5) is 11.4 Å². The molecule has 9 heteroatoms. The fourth-order valence-electron chi connectivity index (χ4n) is 4.21. The van der Waals surface area contributed by atoms with Gasteiger partial charge in [-0.2, -0.15) is 0 Å². The monoisotopic (exact) mass is 594 g/mol. The molecule has 4 N–H and O–H groups in total. The van der Waals surface area contributed by atoms with Crippen LogP contribution in [0, 0.1) is 6.92 Å². The van der Waals surface area contributed by atoms with E-state index in [1.165, 1.54) is 11.8 Å². The minimum atomic E-state index is -0.470. The van der Waals surface area contributed by atoms with Crippen LogP contribution >= 0.6 is 23.4 Å². The number of amides is 3.